The van der Waals surface area contributed by atoms with Crippen LogP contribution in [0.15, 0.2) is 54.6 Å². The highest BCUT2D eigenvalue weighted by Crippen LogP contribution is 2.24. The van der Waals surface area contributed by atoms with Gasteiger partial charge in [-0.1, -0.05) is 32.0 Å². The number of carbonyl (C=O) groups is 1. The van der Waals surface area contributed by atoms with Crippen LogP contribution in [-0.4, -0.2) is 10.5 Å². The van der Waals surface area contributed by atoms with E-state index in [9.17, 15) is 4.79 Å². The molecule has 0 aliphatic heterocycles. The van der Waals surface area contributed by atoms with Crippen molar-refractivity contribution in [3.8, 4) is 5.69 Å². The molecule has 1 heterocycles. The zero-order chi connectivity index (χ0) is 18.7. The number of benzene rings is 2. The molecule has 0 unspecified atom stereocenters. The van der Waals surface area contributed by atoms with E-state index in [0.29, 0.717) is 5.56 Å². The third kappa shape index (κ3) is 3.43. The van der Waals surface area contributed by atoms with Gasteiger partial charge in [-0.2, -0.15) is 0 Å². The van der Waals surface area contributed by atoms with Crippen LogP contribution in [0.4, 0.5) is 5.69 Å². The molecule has 0 spiro atoms. The van der Waals surface area contributed by atoms with E-state index in [1.54, 1.807) is 0 Å². The number of aromatic nitrogens is 1. The van der Waals surface area contributed by atoms with Gasteiger partial charge in [0.1, 0.15) is 0 Å². The Kier molecular flexibility index (Phi) is 5.27. The Morgan fingerprint density at radius 1 is 0.846 bits per heavy atom. The molecule has 134 valence electrons. The lowest BCUT2D eigenvalue weighted by Gasteiger charge is -2.15. The molecule has 3 nitrogen and oxygen atoms in total. The Morgan fingerprint density at radius 2 is 1.38 bits per heavy atom. The first-order valence-electron chi connectivity index (χ1n) is 9.22. The first-order chi connectivity index (χ1) is 12.5. The molecule has 0 bridgehead atoms. The van der Waals surface area contributed by atoms with E-state index >= 15 is 0 Å². The zero-order valence-corrected chi connectivity index (χ0v) is 16.0. The fraction of sp³-hybridized carbons (Fsp3) is 0.261. The summed E-state index contributed by atoms with van der Waals surface area (Å²) in [6, 6.07) is 18.2. The number of para-hydroxylation sites is 1. The van der Waals surface area contributed by atoms with E-state index in [2.05, 4.69) is 67.9 Å². The van der Waals surface area contributed by atoms with Crippen LogP contribution in [0.2, 0.25) is 0 Å². The van der Waals surface area contributed by atoms with E-state index in [4.69, 9.17) is 0 Å². The summed E-state index contributed by atoms with van der Waals surface area (Å²) < 4.78 is 2.18. The number of amides is 1. The van der Waals surface area contributed by atoms with E-state index in [1.165, 1.54) is 22.5 Å². The van der Waals surface area contributed by atoms with E-state index in [-0.39, 0.29) is 5.91 Å². The number of carbonyl (C=O) groups excluding carboxylic acids is 1. The molecular weight excluding hydrogens is 320 g/mol. The average Bonchev–Trinajstić information content (AvgIpc) is 3.00. The van der Waals surface area contributed by atoms with Gasteiger partial charge in [0.15, 0.2) is 0 Å². The van der Waals surface area contributed by atoms with Crippen LogP contribution in [0.5, 0.6) is 0 Å². The molecule has 0 radical (unpaired) electrons. The van der Waals surface area contributed by atoms with Crippen LogP contribution < -0.4 is 5.32 Å². The number of nitrogens with one attached hydrogen (secondary N) is 1. The zero-order valence-electron chi connectivity index (χ0n) is 16.0. The number of rotatable bonds is 5. The van der Waals surface area contributed by atoms with Crippen molar-refractivity contribution in [2.24, 2.45) is 0 Å². The summed E-state index contributed by atoms with van der Waals surface area (Å²) >= 11 is 0. The van der Waals surface area contributed by atoms with Gasteiger partial charge in [-0.3, -0.25) is 4.79 Å². The summed E-state index contributed by atoms with van der Waals surface area (Å²) in [4.78, 5) is 12.8. The van der Waals surface area contributed by atoms with Crippen molar-refractivity contribution in [1.82, 2.24) is 4.57 Å². The number of nitrogens with zero attached hydrogens (tertiary/aromatic N) is 1. The minimum absolute atomic E-state index is 0.0619. The van der Waals surface area contributed by atoms with E-state index < -0.39 is 0 Å². The molecule has 26 heavy (non-hydrogen) atoms. The van der Waals surface area contributed by atoms with Gasteiger partial charge in [0.05, 0.1) is 0 Å². The van der Waals surface area contributed by atoms with Gasteiger partial charge in [-0.05, 0) is 74.2 Å². The van der Waals surface area contributed by atoms with Crippen molar-refractivity contribution in [3.05, 3.63) is 82.7 Å². The molecule has 3 heteroatoms. The smallest absolute Gasteiger partial charge is 0.255 e. The molecule has 0 fully saturated rings. The third-order valence-electron chi connectivity index (χ3n) is 4.90. The first kappa shape index (κ1) is 18.0. The van der Waals surface area contributed by atoms with Gasteiger partial charge >= 0.3 is 0 Å². The largest absolute Gasteiger partial charge is 0.321 e. The molecule has 0 atom stereocenters. The number of aryl methyl sites for hydroxylation is 4. The maximum Gasteiger partial charge on any atom is 0.255 e. The number of hydrogen-bond donors (Lipinski definition) is 1. The topological polar surface area (TPSA) is 34.0 Å². The van der Waals surface area contributed by atoms with Crippen molar-refractivity contribution in [2.45, 2.75) is 40.5 Å². The second kappa shape index (κ2) is 7.61. The van der Waals surface area contributed by atoms with Crippen LogP contribution in [-0.2, 0) is 12.8 Å². The molecule has 2 aromatic carbocycles. The second-order valence-corrected chi connectivity index (χ2v) is 6.61. The van der Waals surface area contributed by atoms with Crippen molar-refractivity contribution >= 4 is 11.6 Å². The Bertz CT molecular complexity index is 878. The quantitative estimate of drug-likeness (QED) is 0.653. The van der Waals surface area contributed by atoms with Crippen molar-refractivity contribution < 1.29 is 4.79 Å². The molecule has 0 saturated carbocycles. The van der Waals surface area contributed by atoms with Crippen molar-refractivity contribution in [2.75, 3.05) is 5.32 Å². The predicted octanol–water partition coefficient (Wildman–Crippen LogP) is 5.47. The Labute approximate surface area is 155 Å². The number of anilines is 1. The monoisotopic (exact) mass is 346 g/mol. The highest BCUT2D eigenvalue weighted by molar-refractivity contribution is 6.05. The molecule has 1 amide bonds. The molecule has 1 aromatic heterocycles. The summed E-state index contributed by atoms with van der Waals surface area (Å²) in [7, 11) is 0. The first-order valence-corrected chi connectivity index (χ1v) is 9.22. The lowest BCUT2D eigenvalue weighted by molar-refractivity contribution is 0.102. The Balaban J connectivity index is 1.86. The van der Waals surface area contributed by atoms with Gasteiger partial charge in [-0.25, -0.2) is 0 Å². The van der Waals surface area contributed by atoms with Gasteiger partial charge in [0, 0.05) is 28.3 Å². The van der Waals surface area contributed by atoms with Crippen LogP contribution >= 0.6 is 0 Å². The van der Waals surface area contributed by atoms with E-state index in [1.807, 2.05) is 24.3 Å². The van der Waals surface area contributed by atoms with Gasteiger partial charge < -0.3 is 9.88 Å². The van der Waals surface area contributed by atoms with Gasteiger partial charge in [-0.15, -0.1) is 0 Å². The minimum Gasteiger partial charge on any atom is -0.321 e. The lowest BCUT2D eigenvalue weighted by Crippen LogP contribution is -2.15. The standard InChI is InChI=1S/C23H26N2O/c1-5-18-8-7-9-19(6-2)22(18)24-23(26)20-12-14-21(15-13-20)25-16(3)10-11-17(25)4/h7-15H,5-6H2,1-4H3,(H,24,26). The predicted molar refractivity (Wildman–Crippen MR) is 108 cm³/mol. The molecule has 0 saturated heterocycles. The van der Waals surface area contributed by atoms with Gasteiger partial charge in [0.2, 0.25) is 0 Å². The average molecular weight is 346 g/mol. The Hall–Kier alpha value is -2.81. The van der Waals surface area contributed by atoms with Crippen LogP contribution in [0.3, 0.4) is 0 Å². The fourth-order valence-corrected chi connectivity index (χ4v) is 3.43. The molecule has 0 aliphatic rings. The van der Waals surface area contributed by atoms with Crippen LogP contribution in [0.1, 0.15) is 46.7 Å². The fourth-order valence-electron chi connectivity index (χ4n) is 3.43. The Morgan fingerprint density at radius 3 is 1.88 bits per heavy atom. The summed E-state index contributed by atoms with van der Waals surface area (Å²) in [6.07, 6.45) is 1.79. The number of hydrogen-bond acceptors (Lipinski definition) is 1. The second-order valence-electron chi connectivity index (χ2n) is 6.61. The molecular formula is C23H26N2O. The molecule has 3 rings (SSSR count). The van der Waals surface area contributed by atoms with Crippen LogP contribution in [0, 0.1) is 13.8 Å². The lowest BCUT2D eigenvalue weighted by atomic mass is 10.0. The van der Waals surface area contributed by atoms with Crippen molar-refractivity contribution in [1.29, 1.82) is 0 Å². The van der Waals surface area contributed by atoms with Crippen molar-refractivity contribution in [3.63, 3.8) is 0 Å². The SMILES string of the molecule is CCc1cccc(CC)c1NC(=O)c1ccc(-n2c(C)ccc2C)cc1. The summed E-state index contributed by atoms with van der Waals surface area (Å²) in [5.74, 6) is -0.0619. The minimum atomic E-state index is -0.0619. The molecule has 3 aromatic rings. The molecule has 1 N–H and O–H groups in total. The highest BCUT2D eigenvalue weighted by Gasteiger charge is 2.12. The highest BCUT2D eigenvalue weighted by atomic mass is 16.1. The summed E-state index contributed by atoms with van der Waals surface area (Å²) in [5.41, 5.74) is 7.42. The van der Waals surface area contributed by atoms with E-state index in [0.717, 1.165) is 24.2 Å². The maximum atomic E-state index is 12.8. The summed E-state index contributed by atoms with van der Waals surface area (Å²) in [6.45, 7) is 8.39. The normalized spacial score (nSPS) is 10.8. The maximum absolute atomic E-state index is 12.8. The van der Waals surface area contributed by atoms with Crippen LogP contribution in [0.25, 0.3) is 5.69 Å². The van der Waals surface area contributed by atoms with Gasteiger partial charge in [0.25, 0.3) is 5.91 Å². The third-order valence-corrected chi connectivity index (χ3v) is 4.90. The summed E-state index contributed by atoms with van der Waals surface area (Å²) in [5, 5.41) is 3.13. The molecule has 0 aliphatic carbocycles.